The predicted molar refractivity (Wildman–Crippen MR) is 111 cm³/mol. The summed E-state index contributed by atoms with van der Waals surface area (Å²) in [6.45, 7) is 1.83. The molecular weight excluding hydrogens is 451 g/mol. The molecule has 0 spiro atoms. The van der Waals surface area contributed by atoms with Crippen LogP contribution in [0.15, 0.2) is 77.3 Å². The molecule has 0 radical (unpaired) electrons. The van der Waals surface area contributed by atoms with Gasteiger partial charge >= 0.3 is 11.9 Å². The topological polar surface area (TPSA) is 52.6 Å². The lowest BCUT2D eigenvalue weighted by atomic mass is 9.87. The van der Waals surface area contributed by atoms with Gasteiger partial charge in [0, 0.05) is 21.4 Å². The first-order valence-corrected chi connectivity index (χ1v) is 10.2. The molecule has 1 aliphatic carbocycles. The van der Waals surface area contributed by atoms with E-state index in [1.165, 1.54) is 12.1 Å². The fourth-order valence-corrected chi connectivity index (χ4v) is 5.04. The molecule has 0 saturated heterocycles. The summed E-state index contributed by atoms with van der Waals surface area (Å²) in [5, 5.41) is 0. The van der Waals surface area contributed by atoms with E-state index in [-0.39, 0.29) is 5.82 Å². The molecule has 1 fully saturated rings. The third kappa shape index (κ3) is 2.43. The summed E-state index contributed by atoms with van der Waals surface area (Å²) in [5.74, 6) is -1.43. The highest BCUT2D eigenvalue weighted by molar-refractivity contribution is 9.10. The maximum atomic E-state index is 13.6. The Bertz CT molecular complexity index is 1170. The van der Waals surface area contributed by atoms with Crippen LogP contribution in [0.4, 0.5) is 4.39 Å². The van der Waals surface area contributed by atoms with Crippen molar-refractivity contribution in [3.05, 3.63) is 94.2 Å². The van der Waals surface area contributed by atoms with Gasteiger partial charge in [0.25, 0.3) is 0 Å². The van der Waals surface area contributed by atoms with E-state index in [4.69, 9.17) is 9.47 Å². The summed E-state index contributed by atoms with van der Waals surface area (Å²) in [7, 11) is 0. The molecule has 4 nitrogen and oxygen atoms in total. The second-order valence-electron chi connectivity index (χ2n) is 7.72. The van der Waals surface area contributed by atoms with E-state index in [0.717, 1.165) is 10.0 Å². The van der Waals surface area contributed by atoms with Crippen LogP contribution in [0, 0.1) is 11.2 Å². The molecule has 3 atom stereocenters. The number of para-hydroxylation sites is 1. The fourth-order valence-electron chi connectivity index (χ4n) is 4.78. The Labute approximate surface area is 180 Å². The average molecular weight is 467 g/mol. The molecule has 0 bridgehead atoms. The smallest absolute Gasteiger partial charge is 0.330 e. The summed E-state index contributed by atoms with van der Waals surface area (Å²) in [4.78, 5) is 26.7. The zero-order valence-corrected chi connectivity index (χ0v) is 17.5. The number of carbonyl (C=O) groups excluding carboxylic acids is 2. The maximum Gasteiger partial charge on any atom is 0.330 e. The molecule has 0 amide bonds. The van der Waals surface area contributed by atoms with Crippen molar-refractivity contribution < 1.29 is 23.5 Å². The summed E-state index contributed by atoms with van der Waals surface area (Å²) >= 11 is 3.34. The van der Waals surface area contributed by atoms with Crippen molar-refractivity contribution in [2.45, 2.75) is 18.3 Å². The standard InChI is InChI=1S/C24H16BrFO4/c1-23(14-6-10-16(26)11-7-14)20-18-4-2-3-5-19(18)30-22(28)24(20,23)21(27)29-17-12-8-15(25)9-13-17/h2-13,20H,1H3. The van der Waals surface area contributed by atoms with E-state index < -0.39 is 28.7 Å². The molecule has 150 valence electrons. The van der Waals surface area contributed by atoms with Crippen LogP contribution in [-0.4, -0.2) is 11.9 Å². The van der Waals surface area contributed by atoms with Crippen LogP contribution < -0.4 is 9.47 Å². The molecule has 6 heteroatoms. The number of fused-ring (bicyclic) bond motifs is 3. The minimum absolute atomic E-state index is 0.330. The summed E-state index contributed by atoms with van der Waals surface area (Å²) < 4.78 is 25.6. The van der Waals surface area contributed by atoms with Crippen molar-refractivity contribution in [1.29, 1.82) is 0 Å². The SMILES string of the molecule is CC1(c2ccc(F)cc2)C2c3ccccc3OC(=O)C21C(=O)Oc1ccc(Br)cc1. The summed E-state index contributed by atoms with van der Waals surface area (Å²) in [6.07, 6.45) is 0. The number of rotatable bonds is 3. The van der Waals surface area contributed by atoms with Crippen molar-refractivity contribution in [1.82, 2.24) is 0 Å². The third-order valence-corrected chi connectivity index (χ3v) is 6.82. The lowest BCUT2D eigenvalue weighted by Gasteiger charge is -2.22. The van der Waals surface area contributed by atoms with Crippen LogP contribution in [0.2, 0.25) is 0 Å². The third-order valence-electron chi connectivity index (χ3n) is 6.29. The molecule has 1 heterocycles. The van der Waals surface area contributed by atoms with Gasteiger partial charge in [-0.2, -0.15) is 0 Å². The van der Waals surface area contributed by atoms with Crippen LogP contribution in [0.25, 0.3) is 0 Å². The van der Waals surface area contributed by atoms with Gasteiger partial charge < -0.3 is 9.47 Å². The first-order chi connectivity index (χ1) is 14.4. The molecule has 3 unspecified atom stereocenters. The van der Waals surface area contributed by atoms with Gasteiger partial charge in [0.2, 0.25) is 0 Å². The van der Waals surface area contributed by atoms with Gasteiger partial charge in [0.05, 0.1) is 0 Å². The highest BCUT2D eigenvalue weighted by Crippen LogP contribution is 2.77. The van der Waals surface area contributed by atoms with Gasteiger partial charge in [-0.3, -0.25) is 9.59 Å². The second-order valence-corrected chi connectivity index (χ2v) is 8.64. The Morgan fingerprint density at radius 3 is 2.40 bits per heavy atom. The van der Waals surface area contributed by atoms with Crippen LogP contribution >= 0.6 is 15.9 Å². The Hall–Kier alpha value is -2.99. The fraction of sp³-hybridized carbons (Fsp3) is 0.167. The van der Waals surface area contributed by atoms with Gasteiger partial charge in [-0.15, -0.1) is 0 Å². The number of hydrogen-bond acceptors (Lipinski definition) is 4. The lowest BCUT2D eigenvalue weighted by Crippen LogP contribution is -2.40. The zero-order valence-electron chi connectivity index (χ0n) is 15.9. The van der Waals surface area contributed by atoms with Crippen molar-refractivity contribution in [3.63, 3.8) is 0 Å². The van der Waals surface area contributed by atoms with Crippen molar-refractivity contribution in [2.75, 3.05) is 0 Å². The van der Waals surface area contributed by atoms with E-state index in [2.05, 4.69) is 15.9 Å². The molecule has 0 N–H and O–H groups in total. The highest BCUT2D eigenvalue weighted by atomic mass is 79.9. The van der Waals surface area contributed by atoms with Crippen LogP contribution in [0.3, 0.4) is 0 Å². The average Bonchev–Trinajstić information content (AvgIpc) is 3.34. The lowest BCUT2D eigenvalue weighted by molar-refractivity contribution is -0.155. The Morgan fingerprint density at radius 1 is 1.03 bits per heavy atom. The molecular formula is C24H16BrFO4. The molecule has 30 heavy (non-hydrogen) atoms. The summed E-state index contributed by atoms with van der Waals surface area (Å²) in [5.41, 5.74) is -1.05. The Balaban J connectivity index is 1.64. The number of benzene rings is 3. The normalized spacial score (nSPS) is 26.2. The zero-order chi connectivity index (χ0) is 21.1. The van der Waals surface area contributed by atoms with E-state index in [1.807, 2.05) is 19.1 Å². The van der Waals surface area contributed by atoms with E-state index in [9.17, 15) is 14.0 Å². The maximum absolute atomic E-state index is 13.6. The van der Waals surface area contributed by atoms with Gasteiger partial charge in [-0.05, 0) is 48.0 Å². The molecule has 3 aromatic carbocycles. The second kappa shape index (κ2) is 6.51. The predicted octanol–water partition coefficient (Wildman–Crippen LogP) is 5.15. The first kappa shape index (κ1) is 19.0. The molecule has 3 aromatic rings. The Morgan fingerprint density at radius 2 is 1.70 bits per heavy atom. The van der Waals surface area contributed by atoms with E-state index >= 15 is 0 Å². The molecule has 5 rings (SSSR count). The monoisotopic (exact) mass is 466 g/mol. The van der Waals surface area contributed by atoms with Gasteiger partial charge in [-0.25, -0.2) is 4.39 Å². The largest absolute Gasteiger partial charge is 0.426 e. The van der Waals surface area contributed by atoms with Crippen LogP contribution in [-0.2, 0) is 15.0 Å². The minimum atomic E-state index is -1.55. The van der Waals surface area contributed by atoms with E-state index in [0.29, 0.717) is 17.1 Å². The number of halogens is 2. The molecule has 2 aliphatic rings. The van der Waals surface area contributed by atoms with Gasteiger partial charge in [-0.1, -0.05) is 53.2 Å². The Kier molecular flexibility index (Phi) is 4.12. The molecule has 1 saturated carbocycles. The van der Waals surface area contributed by atoms with Crippen molar-refractivity contribution in [3.8, 4) is 11.5 Å². The molecule has 1 aliphatic heterocycles. The number of carbonyl (C=O) groups is 2. The number of hydrogen-bond donors (Lipinski definition) is 0. The van der Waals surface area contributed by atoms with Gasteiger partial charge in [0.1, 0.15) is 17.3 Å². The van der Waals surface area contributed by atoms with Crippen LogP contribution in [0.5, 0.6) is 11.5 Å². The first-order valence-electron chi connectivity index (χ1n) is 9.44. The van der Waals surface area contributed by atoms with Crippen LogP contribution in [0.1, 0.15) is 24.0 Å². The number of esters is 2. The number of ether oxygens (including phenoxy) is 2. The minimum Gasteiger partial charge on any atom is -0.426 e. The summed E-state index contributed by atoms with van der Waals surface area (Å²) in [6, 6.07) is 19.8. The highest BCUT2D eigenvalue weighted by Gasteiger charge is 2.86. The van der Waals surface area contributed by atoms with Crippen molar-refractivity contribution in [2.24, 2.45) is 5.41 Å². The van der Waals surface area contributed by atoms with E-state index in [1.54, 1.807) is 48.5 Å². The quantitative estimate of drug-likeness (QED) is 0.304. The molecule has 0 aromatic heterocycles. The van der Waals surface area contributed by atoms with Crippen molar-refractivity contribution >= 4 is 27.9 Å². The van der Waals surface area contributed by atoms with Gasteiger partial charge in [0.15, 0.2) is 5.41 Å².